The predicted molar refractivity (Wildman–Crippen MR) is 139 cm³/mol. The second-order valence-electron chi connectivity index (χ2n) is 9.83. The molecule has 0 radical (unpaired) electrons. The number of H-pyrrole nitrogens is 1. The number of amides is 1. The lowest BCUT2D eigenvalue weighted by Gasteiger charge is -2.33. The third-order valence-electron chi connectivity index (χ3n) is 6.82. The largest absolute Gasteiger partial charge is 0.493 e. The lowest BCUT2D eigenvalue weighted by atomic mass is 9.97. The van der Waals surface area contributed by atoms with Gasteiger partial charge in [-0.05, 0) is 49.9 Å². The zero-order valence-electron chi connectivity index (χ0n) is 21.5. The molecule has 194 valence electrons. The number of ether oxygens (including phenoxy) is 3. The first kappa shape index (κ1) is 24.8. The Morgan fingerprint density at radius 3 is 2.62 bits per heavy atom. The van der Waals surface area contributed by atoms with Gasteiger partial charge in [-0.1, -0.05) is 13.8 Å². The van der Waals surface area contributed by atoms with Crippen LogP contribution in [0, 0.1) is 24.6 Å². The van der Waals surface area contributed by atoms with Gasteiger partial charge >= 0.3 is 0 Å². The molecule has 37 heavy (non-hydrogen) atoms. The van der Waals surface area contributed by atoms with Crippen LogP contribution in [0.2, 0.25) is 0 Å². The van der Waals surface area contributed by atoms with Crippen LogP contribution < -0.4 is 14.2 Å². The molecule has 1 saturated heterocycles. The molecule has 9 heteroatoms. The van der Waals surface area contributed by atoms with E-state index >= 15 is 4.39 Å². The predicted octanol–water partition coefficient (Wildman–Crippen LogP) is 5.63. The molecule has 1 fully saturated rings. The molecule has 0 saturated carbocycles. The number of piperidine rings is 1. The topological polar surface area (TPSA) is 89.6 Å². The van der Waals surface area contributed by atoms with Crippen molar-refractivity contribution in [3.05, 3.63) is 48.2 Å². The highest BCUT2D eigenvalue weighted by molar-refractivity contribution is 5.87. The van der Waals surface area contributed by atoms with Crippen LogP contribution >= 0.6 is 0 Å². The van der Waals surface area contributed by atoms with Gasteiger partial charge in [0.2, 0.25) is 11.8 Å². The number of carbonyl (C=O) groups is 1. The number of nitrogens with zero attached hydrogens (tertiary/aromatic N) is 3. The number of hydrogen-bond acceptors (Lipinski definition) is 6. The number of aryl methyl sites for hydroxylation is 1. The number of rotatable bonds is 7. The first-order chi connectivity index (χ1) is 17.8. The Balaban J connectivity index is 1.33. The van der Waals surface area contributed by atoms with Gasteiger partial charge < -0.3 is 24.1 Å². The molecule has 1 aliphatic heterocycles. The molecule has 0 spiro atoms. The molecule has 1 aliphatic rings. The summed E-state index contributed by atoms with van der Waals surface area (Å²) in [7, 11) is 1.57. The van der Waals surface area contributed by atoms with Gasteiger partial charge in [0.1, 0.15) is 6.33 Å². The van der Waals surface area contributed by atoms with Crippen molar-refractivity contribution in [3.8, 4) is 23.1 Å². The molecule has 5 rings (SSSR count). The monoisotopic (exact) mass is 506 g/mol. The first-order valence-corrected chi connectivity index (χ1v) is 12.5. The molecule has 3 heterocycles. The molecule has 2 aromatic heterocycles. The SMILES string of the molecule is COc1cc2c(Oc3ccc4[nH]c(C)cc4c3F)ncnc2cc1OCC1CCN(C(=O)C(C)C)CC1. The van der Waals surface area contributed by atoms with Crippen molar-refractivity contribution >= 4 is 27.7 Å². The normalized spacial score (nSPS) is 14.5. The van der Waals surface area contributed by atoms with Crippen LogP contribution in [-0.2, 0) is 4.79 Å². The highest BCUT2D eigenvalue weighted by Gasteiger charge is 2.25. The number of methoxy groups -OCH3 is 1. The van der Waals surface area contributed by atoms with Crippen molar-refractivity contribution in [2.24, 2.45) is 11.8 Å². The number of benzene rings is 2. The van der Waals surface area contributed by atoms with E-state index < -0.39 is 5.82 Å². The molecule has 8 nitrogen and oxygen atoms in total. The maximum absolute atomic E-state index is 15.1. The smallest absolute Gasteiger partial charge is 0.230 e. The van der Waals surface area contributed by atoms with Gasteiger partial charge in [0.25, 0.3) is 0 Å². The summed E-state index contributed by atoms with van der Waals surface area (Å²) in [6, 6.07) is 8.64. The summed E-state index contributed by atoms with van der Waals surface area (Å²) in [6.45, 7) is 7.75. The molecule has 0 aliphatic carbocycles. The van der Waals surface area contributed by atoms with Gasteiger partial charge in [-0.3, -0.25) is 4.79 Å². The van der Waals surface area contributed by atoms with Gasteiger partial charge in [-0.25, -0.2) is 14.4 Å². The van der Waals surface area contributed by atoms with E-state index in [0.717, 1.165) is 31.6 Å². The molecule has 1 amide bonds. The average molecular weight is 507 g/mol. The van der Waals surface area contributed by atoms with Crippen molar-refractivity contribution < 1.29 is 23.4 Å². The Morgan fingerprint density at radius 2 is 1.89 bits per heavy atom. The summed E-state index contributed by atoms with van der Waals surface area (Å²) in [5, 5.41) is 1.04. The van der Waals surface area contributed by atoms with Gasteiger partial charge in [-0.15, -0.1) is 0 Å². The minimum Gasteiger partial charge on any atom is -0.493 e. The summed E-state index contributed by atoms with van der Waals surface area (Å²) >= 11 is 0. The number of nitrogens with one attached hydrogen (secondary N) is 1. The number of aromatic amines is 1. The van der Waals surface area contributed by atoms with Crippen LogP contribution in [0.3, 0.4) is 0 Å². The van der Waals surface area contributed by atoms with Crippen molar-refractivity contribution in [1.82, 2.24) is 19.9 Å². The van der Waals surface area contributed by atoms with E-state index in [-0.39, 0.29) is 23.5 Å². The fourth-order valence-electron chi connectivity index (χ4n) is 4.76. The van der Waals surface area contributed by atoms with E-state index in [0.29, 0.717) is 45.8 Å². The summed E-state index contributed by atoms with van der Waals surface area (Å²) in [5.41, 5.74) is 2.16. The van der Waals surface area contributed by atoms with Crippen LogP contribution in [0.5, 0.6) is 23.1 Å². The van der Waals surface area contributed by atoms with E-state index in [9.17, 15) is 4.79 Å². The third kappa shape index (κ3) is 5.03. The highest BCUT2D eigenvalue weighted by atomic mass is 19.1. The van der Waals surface area contributed by atoms with E-state index in [1.165, 1.54) is 6.33 Å². The number of halogens is 1. The number of likely N-dealkylation sites (tertiary alicyclic amines) is 1. The van der Waals surface area contributed by atoms with Gasteiger partial charge in [0.15, 0.2) is 23.1 Å². The molecular formula is C28H31FN4O4. The summed E-state index contributed by atoms with van der Waals surface area (Å²) < 4.78 is 32.8. The number of carbonyl (C=O) groups excluding carboxylic acids is 1. The minimum absolute atomic E-state index is 0.0164. The Morgan fingerprint density at radius 1 is 1.11 bits per heavy atom. The number of fused-ring (bicyclic) bond motifs is 2. The van der Waals surface area contributed by atoms with Crippen molar-refractivity contribution in [1.29, 1.82) is 0 Å². The Bertz CT molecular complexity index is 1440. The minimum atomic E-state index is -0.457. The van der Waals surface area contributed by atoms with Crippen molar-refractivity contribution in [2.45, 2.75) is 33.6 Å². The van der Waals surface area contributed by atoms with Crippen LogP contribution in [0.1, 0.15) is 32.4 Å². The zero-order valence-corrected chi connectivity index (χ0v) is 21.5. The van der Waals surface area contributed by atoms with Gasteiger partial charge in [-0.2, -0.15) is 0 Å². The summed E-state index contributed by atoms with van der Waals surface area (Å²) in [5.74, 6) is 1.49. The average Bonchev–Trinajstić information content (AvgIpc) is 3.29. The lowest BCUT2D eigenvalue weighted by Crippen LogP contribution is -2.41. The Hall–Kier alpha value is -3.88. The molecule has 2 aromatic carbocycles. The summed E-state index contributed by atoms with van der Waals surface area (Å²) in [6.07, 6.45) is 3.17. The first-order valence-electron chi connectivity index (χ1n) is 12.5. The molecular weight excluding hydrogens is 475 g/mol. The zero-order chi connectivity index (χ0) is 26.1. The second kappa shape index (κ2) is 10.2. The molecule has 0 atom stereocenters. The second-order valence-corrected chi connectivity index (χ2v) is 9.83. The van der Waals surface area contributed by atoms with Crippen molar-refractivity contribution in [3.63, 3.8) is 0 Å². The van der Waals surface area contributed by atoms with Crippen LogP contribution in [-0.4, -0.2) is 52.6 Å². The Kier molecular flexibility index (Phi) is 6.86. The maximum Gasteiger partial charge on any atom is 0.230 e. The van der Waals surface area contributed by atoms with E-state index in [4.69, 9.17) is 14.2 Å². The van der Waals surface area contributed by atoms with Crippen molar-refractivity contribution in [2.75, 3.05) is 26.8 Å². The molecule has 0 bridgehead atoms. The highest BCUT2D eigenvalue weighted by Crippen LogP contribution is 2.38. The van der Waals surface area contributed by atoms with E-state index in [2.05, 4.69) is 15.0 Å². The fraction of sp³-hybridized carbons (Fsp3) is 0.393. The quantitative estimate of drug-likeness (QED) is 0.349. The van der Waals surface area contributed by atoms with E-state index in [1.807, 2.05) is 25.7 Å². The van der Waals surface area contributed by atoms with Crippen LogP contribution in [0.25, 0.3) is 21.8 Å². The summed E-state index contributed by atoms with van der Waals surface area (Å²) in [4.78, 5) is 25.9. The molecule has 1 N–H and O–H groups in total. The maximum atomic E-state index is 15.1. The van der Waals surface area contributed by atoms with Gasteiger partial charge in [0, 0.05) is 41.7 Å². The number of hydrogen-bond donors (Lipinski definition) is 1. The third-order valence-corrected chi connectivity index (χ3v) is 6.82. The standard InChI is InChI=1S/C28H31FN4O4/c1-16(2)28(34)33-9-7-18(8-10-33)14-36-25-13-22-20(12-24(25)35-4)27(31-15-30-22)37-23-6-5-21-19(26(23)29)11-17(3)32-21/h5-6,11-13,15-16,18,32H,7-10,14H2,1-4H3. The van der Waals surface area contributed by atoms with Crippen LogP contribution in [0.4, 0.5) is 4.39 Å². The molecule has 4 aromatic rings. The fourth-order valence-corrected chi connectivity index (χ4v) is 4.76. The van der Waals surface area contributed by atoms with Gasteiger partial charge in [0.05, 0.1) is 24.6 Å². The Labute approximate surface area is 214 Å². The number of aromatic nitrogens is 3. The molecule has 0 unspecified atom stereocenters. The van der Waals surface area contributed by atoms with E-state index in [1.54, 1.807) is 37.4 Å². The van der Waals surface area contributed by atoms with Crippen LogP contribution in [0.15, 0.2) is 36.7 Å². The lowest BCUT2D eigenvalue weighted by molar-refractivity contribution is -0.136.